The van der Waals surface area contributed by atoms with Gasteiger partial charge < -0.3 is 10.5 Å². The van der Waals surface area contributed by atoms with Crippen molar-refractivity contribution < 1.29 is 22.7 Å². The Kier molecular flexibility index (Phi) is 4.81. The first kappa shape index (κ1) is 15.8. The van der Waals surface area contributed by atoms with Gasteiger partial charge in [-0.2, -0.15) is 13.2 Å². The number of carbonyl (C=O) groups is 1. The Labute approximate surface area is 113 Å². The van der Waals surface area contributed by atoms with Gasteiger partial charge in [-0.15, -0.1) is 0 Å². The summed E-state index contributed by atoms with van der Waals surface area (Å²) < 4.78 is 42.1. The van der Waals surface area contributed by atoms with Gasteiger partial charge in [-0.05, 0) is 24.1 Å². The number of benzene rings is 1. The number of hydrogen-bond donors (Lipinski definition) is 1. The van der Waals surface area contributed by atoms with Gasteiger partial charge in [0.05, 0.1) is 10.6 Å². The van der Waals surface area contributed by atoms with E-state index in [1.165, 1.54) is 0 Å². The SMILES string of the molecule is CC(C)C(N)C(=O)Oc1ccc(C(F)(F)F)cc1Cl. The number of hydrogen-bond acceptors (Lipinski definition) is 3. The third kappa shape index (κ3) is 4.11. The van der Waals surface area contributed by atoms with Gasteiger partial charge in [-0.1, -0.05) is 25.4 Å². The molecule has 0 spiro atoms. The molecule has 0 aromatic heterocycles. The number of esters is 1. The minimum absolute atomic E-state index is 0.143. The van der Waals surface area contributed by atoms with Crippen molar-refractivity contribution in [1.29, 1.82) is 0 Å². The number of alkyl halides is 3. The second kappa shape index (κ2) is 5.79. The van der Waals surface area contributed by atoms with E-state index in [1.807, 2.05) is 0 Å². The number of halogens is 4. The molecule has 0 aliphatic rings. The zero-order valence-electron chi connectivity index (χ0n) is 10.3. The molecule has 0 aliphatic carbocycles. The maximum atomic E-state index is 12.4. The van der Waals surface area contributed by atoms with Crippen LogP contribution < -0.4 is 10.5 Å². The van der Waals surface area contributed by atoms with Crippen LogP contribution in [0.25, 0.3) is 0 Å². The molecule has 0 radical (unpaired) electrons. The van der Waals surface area contributed by atoms with Gasteiger partial charge in [-0.25, -0.2) is 4.79 Å². The Hall–Kier alpha value is -1.27. The summed E-state index contributed by atoms with van der Waals surface area (Å²) in [7, 11) is 0. The first-order valence-electron chi connectivity index (χ1n) is 5.47. The molecule has 7 heteroatoms. The highest BCUT2D eigenvalue weighted by atomic mass is 35.5. The predicted octanol–water partition coefficient (Wildman–Crippen LogP) is 3.25. The summed E-state index contributed by atoms with van der Waals surface area (Å²) in [6, 6.07) is 1.62. The molecule has 1 atom stereocenters. The van der Waals surface area contributed by atoms with Crippen LogP contribution in [0.3, 0.4) is 0 Å². The molecule has 19 heavy (non-hydrogen) atoms. The van der Waals surface area contributed by atoms with Crippen molar-refractivity contribution in [3.8, 4) is 5.75 Å². The fourth-order valence-electron chi connectivity index (χ4n) is 1.21. The Balaban J connectivity index is 2.90. The van der Waals surface area contributed by atoms with Gasteiger partial charge in [0, 0.05) is 0 Å². The normalized spacial score (nSPS) is 13.5. The molecule has 1 aromatic carbocycles. The van der Waals surface area contributed by atoms with Gasteiger partial charge in [0.1, 0.15) is 11.8 Å². The third-order valence-corrected chi connectivity index (χ3v) is 2.76. The Morgan fingerprint density at radius 2 is 1.95 bits per heavy atom. The lowest BCUT2D eigenvalue weighted by Crippen LogP contribution is -2.38. The number of rotatable bonds is 3. The molecule has 0 fully saturated rings. The Morgan fingerprint density at radius 1 is 1.37 bits per heavy atom. The van der Waals surface area contributed by atoms with Crippen molar-refractivity contribution in [2.45, 2.75) is 26.1 Å². The van der Waals surface area contributed by atoms with E-state index in [9.17, 15) is 18.0 Å². The zero-order chi connectivity index (χ0) is 14.8. The molecule has 1 rings (SSSR count). The van der Waals surface area contributed by atoms with Crippen LogP contribution in [0, 0.1) is 5.92 Å². The van der Waals surface area contributed by atoms with Gasteiger partial charge in [-0.3, -0.25) is 0 Å². The van der Waals surface area contributed by atoms with E-state index in [0.29, 0.717) is 6.07 Å². The van der Waals surface area contributed by atoms with Crippen LogP contribution in [0.15, 0.2) is 18.2 Å². The van der Waals surface area contributed by atoms with Crippen LogP contribution in [-0.2, 0) is 11.0 Å². The molecular formula is C12H13ClF3NO2. The first-order chi connectivity index (χ1) is 8.62. The molecule has 0 aliphatic heterocycles. The van der Waals surface area contributed by atoms with E-state index in [4.69, 9.17) is 22.1 Å². The van der Waals surface area contributed by atoms with E-state index in [-0.39, 0.29) is 16.7 Å². The molecular weight excluding hydrogens is 283 g/mol. The Morgan fingerprint density at radius 3 is 2.37 bits per heavy atom. The maximum Gasteiger partial charge on any atom is 0.416 e. The highest BCUT2D eigenvalue weighted by molar-refractivity contribution is 6.32. The largest absolute Gasteiger partial charge is 0.424 e. The van der Waals surface area contributed by atoms with Crippen LogP contribution >= 0.6 is 11.6 Å². The fourth-order valence-corrected chi connectivity index (χ4v) is 1.43. The smallest absolute Gasteiger partial charge is 0.416 e. The average Bonchev–Trinajstić information content (AvgIpc) is 2.29. The van der Waals surface area contributed by atoms with Crippen LogP contribution in [0.4, 0.5) is 13.2 Å². The number of carbonyl (C=O) groups excluding carboxylic acids is 1. The average molecular weight is 296 g/mol. The molecule has 106 valence electrons. The van der Waals surface area contributed by atoms with Crippen molar-refractivity contribution >= 4 is 17.6 Å². The minimum atomic E-state index is -4.50. The van der Waals surface area contributed by atoms with Crippen molar-refractivity contribution in [3.05, 3.63) is 28.8 Å². The molecule has 1 unspecified atom stereocenters. The molecule has 0 saturated heterocycles. The van der Waals surface area contributed by atoms with E-state index >= 15 is 0 Å². The highest BCUT2D eigenvalue weighted by Crippen LogP contribution is 2.34. The zero-order valence-corrected chi connectivity index (χ0v) is 11.0. The number of ether oxygens (including phenoxy) is 1. The lowest BCUT2D eigenvalue weighted by molar-refractivity contribution is -0.137. The lowest BCUT2D eigenvalue weighted by Gasteiger charge is -2.15. The van der Waals surface area contributed by atoms with Crippen LogP contribution in [-0.4, -0.2) is 12.0 Å². The summed E-state index contributed by atoms with van der Waals surface area (Å²) in [5, 5.41) is -0.292. The second-order valence-corrected chi connectivity index (χ2v) is 4.74. The standard InChI is InChI=1S/C12H13ClF3NO2/c1-6(2)10(17)11(18)19-9-4-3-7(5-8(9)13)12(14,15)16/h3-6,10H,17H2,1-2H3. The Bertz CT molecular complexity index is 475. The van der Waals surface area contributed by atoms with Crippen LogP contribution in [0.2, 0.25) is 5.02 Å². The van der Waals surface area contributed by atoms with Gasteiger partial charge in [0.15, 0.2) is 0 Å². The summed E-state index contributed by atoms with van der Waals surface area (Å²) in [6.45, 7) is 3.45. The topological polar surface area (TPSA) is 52.3 Å². The predicted molar refractivity (Wildman–Crippen MR) is 64.9 cm³/mol. The molecule has 0 bridgehead atoms. The molecule has 1 aromatic rings. The van der Waals surface area contributed by atoms with Crippen LogP contribution in [0.5, 0.6) is 5.75 Å². The summed E-state index contributed by atoms with van der Waals surface area (Å²) in [5.74, 6) is -1.03. The molecule has 0 heterocycles. The van der Waals surface area contributed by atoms with E-state index in [2.05, 4.69) is 0 Å². The third-order valence-electron chi connectivity index (χ3n) is 2.46. The summed E-state index contributed by atoms with van der Waals surface area (Å²) in [4.78, 5) is 11.6. The van der Waals surface area contributed by atoms with E-state index in [0.717, 1.165) is 12.1 Å². The summed E-state index contributed by atoms with van der Waals surface area (Å²) in [6.07, 6.45) is -4.50. The summed E-state index contributed by atoms with van der Waals surface area (Å²) in [5.41, 5.74) is 4.65. The molecule has 0 amide bonds. The van der Waals surface area contributed by atoms with Crippen LogP contribution in [0.1, 0.15) is 19.4 Å². The maximum absolute atomic E-state index is 12.4. The quantitative estimate of drug-likeness (QED) is 0.688. The van der Waals surface area contributed by atoms with Gasteiger partial charge in [0.25, 0.3) is 0 Å². The van der Waals surface area contributed by atoms with Crippen molar-refractivity contribution in [3.63, 3.8) is 0 Å². The van der Waals surface area contributed by atoms with Crippen molar-refractivity contribution in [2.24, 2.45) is 11.7 Å². The minimum Gasteiger partial charge on any atom is -0.424 e. The highest BCUT2D eigenvalue weighted by Gasteiger charge is 2.31. The van der Waals surface area contributed by atoms with E-state index < -0.39 is 23.8 Å². The van der Waals surface area contributed by atoms with E-state index in [1.54, 1.807) is 13.8 Å². The second-order valence-electron chi connectivity index (χ2n) is 4.33. The monoisotopic (exact) mass is 295 g/mol. The first-order valence-corrected chi connectivity index (χ1v) is 5.84. The fraction of sp³-hybridized carbons (Fsp3) is 0.417. The van der Waals surface area contributed by atoms with Crippen molar-refractivity contribution in [1.82, 2.24) is 0 Å². The lowest BCUT2D eigenvalue weighted by atomic mass is 10.1. The van der Waals surface area contributed by atoms with Gasteiger partial charge in [0.2, 0.25) is 0 Å². The van der Waals surface area contributed by atoms with Gasteiger partial charge >= 0.3 is 12.1 Å². The molecule has 3 nitrogen and oxygen atoms in total. The van der Waals surface area contributed by atoms with Crippen molar-refractivity contribution in [2.75, 3.05) is 0 Å². The molecule has 2 N–H and O–H groups in total. The molecule has 0 saturated carbocycles. The summed E-state index contributed by atoms with van der Waals surface area (Å²) >= 11 is 5.65. The number of nitrogens with two attached hydrogens (primary N) is 1.